The van der Waals surface area contributed by atoms with Gasteiger partial charge in [0.05, 0.1) is 0 Å². The molecular formula is C18H30N4OS. The third-order valence-electron chi connectivity index (χ3n) is 4.43. The van der Waals surface area contributed by atoms with Gasteiger partial charge in [-0.05, 0) is 31.5 Å². The molecule has 2 unspecified atom stereocenters. The molecule has 5 nitrogen and oxygen atoms in total. The van der Waals surface area contributed by atoms with E-state index >= 15 is 0 Å². The van der Waals surface area contributed by atoms with Crippen LogP contribution in [0.5, 0.6) is 0 Å². The summed E-state index contributed by atoms with van der Waals surface area (Å²) in [5, 5.41) is 6.67. The molecule has 1 heterocycles. The number of aliphatic imine (C=N–C) groups is 1. The molecule has 6 heteroatoms. The highest BCUT2D eigenvalue weighted by Gasteiger charge is 2.22. The predicted octanol–water partition coefficient (Wildman–Crippen LogP) is 1.58. The van der Waals surface area contributed by atoms with Crippen LogP contribution in [0.1, 0.15) is 25.3 Å². The number of hydrogen-bond donors (Lipinski definition) is 2. The minimum Gasteiger partial charge on any atom is -0.355 e. The number of likely N-dealkylation sites (N-methyl/N-ethyl adjacent to an activating group) is 1. The second kappa shape index (κ2) is 10.5. The number of hydrogen-bond acceptors (Lipinski definition) is 3. The van der Waals surface area contributed by atoms with Crippen molar-refractivity contribution in [1.82, 2.24) is 15.5 Å². The van der Waals surface area contributed by atoms with E-state index in [4.69, 9.17) is 0 Å². The van der Waals surface area contributed by atoms with Gasteiger partial charge in [0.15, 0.2) is 5.96 Å². The Morgan fingerprint density at radius 2 is 2.12 bits per heavy atom. The Bertz CT molecular complexity index is 535. The quantitative estimate of drug-likeness (QED) is 0.552. The Morgan fingerprint density at radius 3 is 2.83 bits per heavy atom. The molecule has 0 radical (unpaired) electrons. The summed E-state index contributed by atoms with van der Waals surface area (Å²) in [5.74, 6) is 2.04. The van der Waals surface area contributed by atoms with Crippen LogP contribution in [0.25, 0.3) is 0 Å². The van der Waals surface area contributed by atoms with Crippen molar-refractivity contribution in [3.05, 3.63) is 35.9 Å². The minimum atomic E-state index is -0.856. The van der Waals surface area contributed by atoms with Gasteiger partial charge in [-0.1, -0.05) is 37.3 Å². The summed E-state index contributed by atoms with van der Waals surface area (Å²) in [6.07, 6.45) is 2.53. The van der Waals surface area contributed by atoms with Crippen molar-refractivity contribution in [2.75, 3.05) is 39.0 Å². The van der Waals surface area contributed by atoms with Gasteiger partial charge in [0.1, 0.15) is 0 Å². The Balaban J connectivity index is 1.65. The van der Waals surface area contributed by atoms with Crippen molar-refractivity contribution in [2.45, 2.75) is 31.6 Å². The zero-order chi connectivity index (χ0) is 17.2. The molecule has 1 fully saturated rings. The van der Waals surface area contributed by atoms with Crippen LogP contribution in [0.3, 0.4) is 0 Å². The normalized spacial score (nSPS) is 20.1. The van der Waals surface area contributed by atoms with Gasteiger partial charge in [-0.3, -0.25) is 14.1 Å². The summed E-state index contributed by atoms with van der Waals surface area (Å²) in [6.45, 7) is 6.11. The number of nitrogens with one attached hydrogen (secondary N) is 2. The molecule has 0 bridgehead atoms. The molecule has 0 amide bonds. The first-order valence-corrected chi connectivity index (χ1v) is 10.3. The van der Waals surface area contributed by atoms with Crippen LogP contribution in [-0.2, 0) is 16.6 Å². The lowest BCUT2D eigenvalue weighted by Crippen LogP contribution is -2.45. The number of rotatable bonds is 8. The summed E-state index contributed by atoms with van der Waals surface area (Å²) in [6, 6.07) is 10.6. The van der Waals surface area contributed by atoms with Gasteiger partial charge < -0.3 is 10.6 Å². The molecule has 0 spiro atoms. The molecule has 1 aromatic rings. The molecule has 1 aliphatic rings. The Morgan fingerprint density at radius 1 is 1.33 bits per heavy atom. The summed E-state index contributed by atoms with van der Waals surface area (Å²) in [7, 11) is 0.924. The van der Waals surface area contributed by atoms with Crippen LogP contribution in [0.4, 0.5) is 0 Å². The molecule has 0 aliphatic carbocycles. The first-order chi connectivity index (χ1) is 11.7. The minimum absolute atomic E-state index is 0.598. The van der Waals surface area contributed by atoms with Crippen molar-refractivity contribution in [3.63, 3.8) is 0 Å². The Labute approximate surface area is 148 Å². The van der Waals surface area contributed by atoms with E-state index in [9.17, 15) is 4.21 Å². The first-order valence-electron chi connectivity index (χ1n) is 8.80. The molecule has 2 rings (SSSR count). The van der Waals surface area contributed by atoms with E-state index in [1.54, 1.807) is 7.05 Å². The molecule has 24 heavy (non-hydrogen) atoms. The summed E-state index contributed by atoms with van der Waals surface area (Å²) in [5.41, 5.74) is 1.12. The summed E-state index contributed by atoms with van der Waals surface area (Å²) in [4.78, 5) is 6.77. The predicted molar refractivity (Wildman–Crippen MR) is 103 cm³/mol. The zero-order valence-corrected chi connectivity index (χ0v) is 15.6. The number of likely N-dealkylation sites (tertiary alicyclic amines) is 1. The monoisotopic (exact) mass is 350 g/mol. The van der Waals surface area contributed by atoms with Crippen LogP contribution >= 0.6 is 0 Å². The van der Waals surface area contributed by atoms with Crippen LogP contribution in [0, 0.1) is 0 Å². The molecule has 134 valence electrons. The average molecular weight is 351 g/mol. The van der Waals surface area contributed by atoms with Gasteiger partial charge in [0.25, 0.3) is 0 Å². The van der Waals surface area contributed by atoms with E-state index in [2.05, 4.69) is 27.4 Å². The molecule has 2 atom stereocenters. The number of nitrogens with zero attached hydrogens (tertiary/aromatic N) is 2. The van der Waals surface area contributed by atoms with Gasteiger partial charge in [0.2, 0.25) is 0 Å². The van der Waals surface area contributed by atoms with Gasteiger partial charge in [-0.2, -0.15) is 0 Å². The lowest BCUT2D eigenvalue weighted by Gasteiger charge is -2.23. The molecule has 1 aliphatic heterocycles. The third-order valence-corrected chi connectivity index (χ3v) is 5.74. The largest absolute Gasteiger partial charge is 0.355 e. The SMILES string of the molecule is CCN1CCCC1CNC(=NC)NCCS(=O)Cc1ccccc1. The van der Waals surface area contributed by atoms with Crippen LogP contribution < -0.4 is 10.6 Å². The number of benzene rings is 1. The van der Waals surface area contributed by atoms with E-state index in [0.717, 1.165) is 24.6 Å². The lowest BCUT2D eigenvalue weighted by atomic mass is 10.2. The van der Waals surface area contributed by atoms with Crippen molar-refractivity contribution < 1.29 is 4.21 Å². The van der Waals surface area contributed by atoms with Gasteiger partial charge in [-0.15, -0.1) is 0 Å². The van der Waals surface area contributed by atoms with Crippen LogP contribution in [-0.4, -0.2) is 60.1 Å². The standard InChI is InChI=1S/C18H30N4OS/c1-3-22-12-7-10-17(22)14-21-18(19-2)20-11-13-24(23)15-16-8-5-4-6-9-16/h4-6,8-9,17H,3,7,10-15H2,1-2H3,(H2,19,20,21). The summed E-state index contributed by atoms with van der Waals surface area (Å²) < 4.78 is 12.1. The molecule has 1 saturated heterocycles. The average Bonchev–Trinajstić information content (AvgIpc) is 3.06. The van der Waals surface area contributed by atoms with Crippen molar-refractivity contribution in [1.29, 1.82) is 0 Å². The zero-order valence-electron chi connectivity index (χ0n) is 14.8. The van der Waals surface area contributed by atoms with Gasteiger partial charge in [-0.25, -0.2) is 0 Å². The summed E-state index contributed by atoms with van der Waals surface area (Å²) >= 11 is 0. The second-order valence-corrected chi connectivity index (χ2v) is 7.65. The maximum atomic E-state index is 12.1. The smallest absolute Gasteiger partial charge is 0.191 e. The van der Waals surface area contributed by atoms with Crippen molar-refractivity contribution >= 4 is 16.8 Å². The Hall–Kier alpha value is -1.40. The fraction of sp³-hybridized carbons (Fsp3) is 0.611. The lowest BCUT2D eigenvalue weighted by molar-refractivity contribution is 0.267. The molecule has 0 saturated carbocycles. The maximum Gasteiger partial charge on any atom is 0.191 e. The van der Waals surface area contributed by atoms with Crippen LogP contribution in [0.2, 0.25) is 0 Å². The van der Waals surface area contributed by atoms with Gasteiger partial charge in [0, 0.05) is 48.5 Å². The van der Waals surface area contributed by atoms with Crippen molar-refractivity contribution in [3.8, 4) is 0 Å². The van der Waals surface area contributed by atoms with E-state index in [1.807, 2.05) is 30.3 Å². The van der Waals surface area contributed by atoms with E-state index in [-0.39, 0.29) is 0 Å². The van der Waals surface area contributed by atoms with Crippen LogP contribution in [0.15, 0.2) is 35.3 Å². The van der Waals surface area contributed by atoms with E-state index in [1.165, 1.54) is 19.4 Å². The second-order valence-electron chi connectivity index (χ2n) is 6.08. The Kier molecular flexibility index (Phi) is 8.25. The fourth-order valence-corrected chi connectivity index (χ4v) is 4.13. The fourth-order valence-electron chi connectivity index (χ4n) is 3.09. The topological polar surface area (TPSA) is 56.7 Å². The molecule has 0 aromatic heterocycles. The highest BCUT2D eigenvalue weighted by Crippen LogP contribution is 2.15. The highest BCUT2D eigenvalue weighted by molar-refractivity contribution is 7.84. The highest BCUT2D eigenvalue weighted by atomic mass is 32.2. The first kappa shape index (κ1) is 18.9. The molecular weight excluding hydrogens is 320 g/mol. The van der Waals surface area contributed by atoms with E-state index in [0.29, 0.717) is 24.1 Å². The number of guanidine groups is 1. The maximum absolute atomic E-state index is 12.1. The van der Waals surface area contributed by atoms with Crippen molar-refractivity contribution in [2.24, 2.45) is 4.99 Å². The van der Waals surface area contributed by atoms with Gasteiger partial charge >= 0.3 is 0 Å². The molecule has 2 N–H and O–H groups in total. The van der Waals surface area contributed by atoms with E-state index < -0.39 is 10.8 Å². The third kappa shape index (κ3) is 6.24. The molecule has 1 aromatic carbocycles.